The van der Waals surface area contributed by atoms with Gasteiger partial charge in [0.15, 0.2) is 11.5 Å². The molecule has 0 amide bonds. The second-order valence-electron chi connectivity index (χ2n) is 3.89. The smallest absolute Gasteiger partial charge is 0.192 e. The van der Waals surface area contributed by atoms with Gasteiger partial charge in [0.25, 0.3) is 0 Å². The number of rotatable bonds is 4. The van der Waals surface area contributed by atoms with E-state index in [2.05, 4.69) is 15.0 Å². The van der Waals surface area contributed by atoms with Crippen LogP contribution in [0.4, 0.5) is 0 Å². The van der Waals surface area contributed by atoms with Crippen molar-refractivity contribution < 1.29 is 14.6 Å². The van der Waals surface area contributed by atoms with Crippen molar-refractivity contribution in [3.05, 3.63) is 40.1 Å². The Kier molecular flexibility index (Phi) is 3.47. The highest BCUT2D eigenvalue weighted by Crippen LogP contribution is 2.23. The Morgan fingerprint density at radius 3 is 3.00 bits per heavy atom. The fourth-order valence-electron chi connectivity index (χ4n) is 1.68. The van der Waals surface area contributed by atoms with Crippen LogP contribution in [0.3, 0.4) is 0 Å². The number of oxazole rings is 1. The van der Waals surface area contributed by atoms with Gasteiger partial charge in [-0.3, -0.25) is 0 Å². The molecule has 2 rings (SSSR count). The van der Waals surface area contributed by atoms with Gasteiger partial charge < -0.3 is 14.6 Å². The van der Waals surface area contributed by atoms with E-state index in [9.17, 15) is 10.2 Å². The number of hydrogen-bond acceptors (Lipinski definition) is 5. The fourth-order valence-corrected chi connectivity index (χ4v) is 1.68. The molecule has 0 saturated heterocycles. The van der Waals surface area contributed by atoms with Gasteiger partial charge in [-0.1, -0.05) is 11.2 Å². The Morgan fingerprint density at radius 1 is 1.50 bits per heavy atom. The molecule has 0 spiro atoms. The van der Waals surface area contributed by atoms with Crippen molar-refractivity contribution in [1.29, 1.82) is 0 Å². The first kappa shape index (κ1) is 12.4. The van der Waals surface area contributed by atoms with Gasteiger partial charge in [0, 0.05) is 11.8 Å². The van der Waals surface area contributed by atoms with Gasteiger partial charge in [0.05, 0.1) is 12.6 Å². The van der Waals surface area contributed by atoms with Crippen LogP contribution in [-0.2, 0) is 0 Å². The normalized spacial score (nSPS) is 14.2. The fraction of sp³-hybridized carbons (Fsp3) is 0.364. The van der Waals surface area contributed by atoms with Crippen LogP contribution in [0.2, 0.25) is 0 Å². The molecule has 0 aliphatic rings. The summed E-state index contributed by atoms with van der Waals surface area (Å²) in [5, 5.41) is 22.7. The summed E-state index contributed by atoms with van der Waals surface area (Å²) in [5.41, 5.74) is 9.87. The molecule has 1 heterocycles. The minimum atomic E-state index is -1.15. The molecule has 2 atom stereocenters. The lowest BCUT2D eigenvalue weighted by Crippen LogP contribution is -2.21. The van der Waals surface area contributed by atoms with Crippen LogP contribution >= 0.6 is 0 Å². The predicted molar refractivity (Wildman–Crippen MR) is 63.7 cm³/mol. The molecule has 7 nitrogen and oxygen atoms in total. The third-order valence-electron chi connectivity index (χ3n) is 2.56. The number of benzene rings is 1. The Morgan fingerprint density at radius 2 is 2.28 bits per heavy atom. The zero-order chi connectivity index (χ0) is 13.1. The van der Waals surface area contributed by atoms with E-state index in [0.717, 1.165) is 0 Å². The summed E-state index contributed by atoms with van der Waals surface area (Å²) in [4.78, 5) is 6.66. The van der Waals surface area contributed by atoms with Crippen LogP contribution in [0.5, 0.6) is 0 Å². The van der Waals surface area contributed by atoms with Crippen molar-refractivity contribution in [3.63, 3.8) is 0 Å². The monoisotopic (exact) mass is 248 g/mol. The van der Waals surface area contributed by atoms with Gasteiger partial charge in [-0.05, 0) is 23.2 Å². The number of aliphatic hydroxyl groups is 2. The van der Waals surface area contributed by atoms with Crippen LogP contribution in [-0.4, -0.2) is 27.8 Å². The van der Waals surface area contributed by atoms with E-state index >= 15 is 0 Å². The Bertz CT molecular complexity index is 603. The molecule has 0 aliphatic carbocycles. The molecule has 0 fully saturated rings. The molecule has 0 radical (unpaired) electrons. The summed E-state index contributed by atoms with van der Waals surface area (Å²) < 4.78 is 5.33. The van der Waals surface area contributed by atoms with E-state index in [1.54, 1.807) is 25.1 Å². The van der Waals surface area contributed by atoms with E-state index < -0.39 is 12.2 Å². The quantitative estimate of drug-likeness (QED) is 0.487. The molecule has 2 N–H and O–H groups in total. The number of fused-ring (bicyclic) bond motifs is 1. The summed E-state index contributed by atoms with van der Waals surface area (Å²) in [7, 11) is 0. The molecule has 0 saturated carbocycles. The molecule has 2 aromatic rings. The topological polar surface area (TPSA) is 115 Å². The van der Waals surface area contributed by atoms with Gasteiger partial charge >= 0.3 is 0 Å². The van der Waals surface area contributed by atoms with E-state index in [-0.39, 0.29) is 6.54 Å². The molecule has 0 aliphatic heterocycles. The molecular weight excluding hydrogens is 236 g/mol. The molecular formula is C11H12N4O3. The predicted octanol–water partition coefficient (Wildman–Crippen LogP) is 1.84. The SMILES string of the molecule is Cc1nc2ccc(C(O)C(O)CN=[N+]=[N-])cc2o1. The van der Waals surface area contributed by atoms with E-state index in [1.165, 1.54) is 0 Å². The van der Waals surface area contributed by atoms with Gasteiger partial charge in [0.1, 0.15) is 11.6 Å². The molecule has 1 aromatic heterocycles. The first-order chi connectivity index (χ1) is 8.61. The highest BCUT2D eigenvalue weighted by molar-refractivity contribution is 5.73. The van der Waals surface area contributed by atoms with Gasteiger partial charge in [-0.15, -0.1) is 0 Å². The molecule has 7 heteroatoms. The second-order valence-corrected chi connectivity index (χ2v) is 3.89. The maximum atomic E-state index is 9.89. The third-order valence-corrected chi connectivity index (χ3v) is 2.56. The second kappa shape index (κ2) is 5.05. The van der Waals surface area contributed by atoms with Gasteiger partial charge in [-0.25, -0.2) is 4.98 Å². The number of nitrogens with zero attached hydrogens (tertiary/aromatic N) is 4. The van der Waals surface area contributed by atoms with Crippen LogP contribution in [0.25, 0.3) is 21.5 Å². The van der Waals surface area contributed by atoms with E-state index in [4.69, 9.17) is 9.95 Å². The molecule has 0 bridgehead atoms. The van der Waals surface area contributed by atoms with E-state index in [0.29, 0.717) is 22.6 Å². The molecule has 2 unspecified atom stereocenters. The number of azide groups is 1. The summed E-state index contributed by atoms with van der Waals surface area (Å²) >= 11 is 0. The van der Waals surface area contributed by atoms with Crippen molar-refractivity contribution >= 4 is 11.1 Å². The van der Waals surface area contributed by atoms with Crippen LogP contribution in [0.1, 0.15) is 17.6 Å². The summed E-state index contributed by atoms with van der Waals surface area (Å²) in [6, 6.07) is 4.96. The van der Waals surface area contributed by atoms with Crippen molar-refractivity contribution in [2.75, 3.05) is 6.54 Å². The zero-order valence-electron chi connectivity index (χ0n) is 9.69. The van der Waals surface area contributed by atoms with Crippen LogP contribution in [0, 0.1) is 6.92 Å². The lowest BCUT2D eigenvalue weighted by Gasteiger charge is -2.15. The summed E-state index contributed by atoms with van der Waals surface area (Å²) in [5.74, 6) is 0.534. The average Bonchev–Trinajstić information content (AvgIpc) is 2.73. The molecule has 1 aromatic carbocycles. The van der Waals surface area contributed by atoms with Crippen molar-refractivity contribution in [3.8, 4) is 0 Å². The zero-order valence-corrected chi connectivity index (χ0v) is 9.69. The van der Waals surface area contributed by atoms with Crippen molar-refractivity contribution in [2.45, 2.75) is 19.1 Å². The van der Waals surface area contributed by atoms with Crippen LogP contribution in [0.15, 0.2) is 27.7 Å². The number of aryl methyl sites for hydroxylation is 1. The maximum absolute atomic E-state index is 9.89. The van der Waals surface area contributed by atoms with Crippen molar-refractivity contribution in [1.82, 2.24) is 4.98 Å². The number of aliphatic hydroxyl groups excluding tert-OH is 2. The summed E-state index contributed by atoms with van der Waals surface area (Å²) in [6.07, 6.45) is -2.28. The van der Waals surface area contributed by atoms with E-state index in [1.807, 2.05) is 0 Å². The summed E-state index contributed by atoms with van der Waals surface area (Å²) in [6.45, 7) is 1.54. The molecule has 18 heavy (non-hydrogen) atoms. The maximum Gasteiger partial charge on any atom is 0.192 e. The molecule has 94 valence electrons. The minimum Gasteiger partial charge on any atom is -0.441 e. The first-order valence-electron chi connectivity index (χ1n) is 5.36. The lowest BCUT2D eigenvalue weighted by atomic mass is 10.0. The largest absolute Gasteiger partial charge is 0.441 e. The van der Waals surface area contributed by atoms with Crippen LogP contribution < -0.4 is 0 Å². The Balaban J connectivity index is 2.26. The average molecular weight is 248 g/mol. The Hall–Kier alpha value is -2.08. The van der Waals surface area contributed by atoms with Gasteiger partial charge in [-0.2, -0.15) is 0 Å². The minimum absolute atomic E-state index is 0.189. The van der Waals surface area contributed by atoms with Crippen molar-refractivity contribution in [2.24, 2.45) is 5.11 Å². The number of aromatic nitrogens is 1. The van der Waals surface area contributed by atoms with Gasteiger partial charge in [0.2, 0.25) is 0 Å². The third kappa shape index (κ3) is 2.43. The lowest BCUT2D eigenvalue weighted by molar-refractivity contribution is 0.0244. The Labute approximate surface area is 102 Å². The standard InChI is InChI=1S/C11H12N4O3/c1-6-14-8-3-2-7(4-10(8)18-6)11(17)9(16)5-13-15-12/h2-4,9,11,16-17H,5H2,1H3. The highest BCUT2D eigenvalue weighted by Gasteiger charge is 2.18. The highest BCUT2D eigenvalue weighted by atomic mass is 16.3. The first-order valence-corrected chi connectivity index (χ1v) is 5.36. The number of hydrogen-bond donors (Lipinski definition) is 2.